The quantitative estimate of drug-likeness (QED) is 0.748. The summed E-state index contributed by atoms with van der Waals surface area (Å²) in [5, 5.41) is 0. The van der Waals surface area contributed by atoms with E-state index >= 15 is 0 Å². The molecule has 0 aliphatic carbocycles. The Morgan fingerprint density at radius 2 is 2.36 bits per heavy atom. The highest BCUT2D eigenvalue weighted by atomic mass is 79.9. The van der Waals surface area contributed by atoms with Gasteiger partial charge in [0.25, 0.3) is 0 Å². The number of anilines is 1. The molecule has 4 nitrogen and oxygen atoms in total. The molecule has 0 saturated carbocycles. The van der Waals surface area contributed by atoms with Crippen LogP contribution in [0.15, 0.2) is 18.6 Å². The number of hydrogen-bond donors (Lipinski definition) is 0. The number of aromatic nitrogens is 2. The molecule has 0 aliphatic heterocycles. The van der Waals surface area contributed by atoms with Gasteiger partial charge < -0.3 is 9.64 Å². The van der Waals surface area contributed by atoms with E-state index in [9.17, 15) is 0 Å². The van der Waals surface area contributed by atoms with Crippen LogP contribution in [0.2, 0.25) is 0 Å². The summed E-state index contributed by atoms with van der Waals surface area (Å²) < 4.78 is 5.03. The van der Waals surface area contributed by atoms with Gasteiger partial charge in [-0.05, 0) is 0 Å². The van der Waals surface area contributed by atoms with Crippen LogP contribution >= 0.6 is 15.9 Å². The van der Waals surface area contributed by atoms with Gasteiger partial charge >= 0.3 is 0 Å². The van der Waals surface area contributed by atoms with E-state index in [1.165, 1.54) is 0 Å². The Morgan fingerprint density at radius 1 is 1.57 bits per heavy atom. The molecule has 14 heavy (non-hydrogen) atoms. The van der Waals surface area contributed by atoms with Crippen molar-refractivity contribution < 1.29 is 4.74 Å². The van der Waals surface area contributed by atoms with Gasteiger partial charge in [0.05, 0.1) is 17.6 Å². The monoisotopic (exact) mass is 259 g/mol. The standard InChI is InChI=1S/C9H14BrN3O/c1-13(6-8(10)7-14-2)9-5-11-3-4-12-9/h3-5,8H,6-7H2,1-2H3. The Kier molecular flexibility index (Phi) is 4.82. The zero-order valence-corrected chi connectivity index (χ0v) is 9.94. The van der Waals surface area contributed by atoms with E-state index in [-0.39, 0.29) is 0 Å². The minimum Gasteiger partial charge on any atom is -0.383 e. The molecule has 0 aliphatic rings. The fourth-order valence-corrected chi connectivity index (χ4v) is 1.81. The second-order valence-corrected chi connectivity index (χ2v) is 4.29. The van der Waals surface area contributed by atoms with Crippen molar-refractivity contribution in [3.05, 3.63) is 18.6 Å². The van der Waals surface area contributed by atoms with Crippen molar-refractivity contribution in [3.8, 4) is 0 Å². The summed E-state index contributed by atoms with van der Waals surface area (Å²) in [4.78, 5) is 10.5. The van der Waals surface area contributed by atoms with Crippen LogP contribution in [-0.4, -0.2) is 42.1 Å². The molecular formula is C9H14BrN3O. The molecule has 1 aromatic rings. The molecule has 0 fully saturated rings. The van der Waals surface area contributed by atoms with E-state index < -0.39 is 0 Å². The first-order valence-electron chi connectivity index (χ1n) is 4.34. The van der Waals surface area contributed by atoms with E-state index in [0.717, 1.165) is 12.4 Å². The molecule has 1 unspecified atom stereocenters. The van der Waals surface area contributed by atoms with Gasteiger partial charge in [-0.25, -0.2) is 4.98 Å². The maximum atomic E-state index is 5.03. The second kappa shape index (κ2) is 5.93. The smallest absolute Gasteiger partial charge is 0.146 e. The summed E-state index contributed by atoms with van der Waals surface area (Å²) in [7, 11) is 3.67. The Bertz CT molecular complexity index is 257. The highest BCUT2D eigenvalue weighted by Gasteiger charge is 2.08. The Hall–Kier alpha value is -0.680. The number of hydrogen-bond acceptors (Lipinski definition) is 4. The van der Waals surface area contributed by atoms with Crippen LogP contribution in [0.4, 0.5) is 5.82 Å². The van der Waals surface area contributed by atoms with E-state index in [1.54, 1.807) is 25.7 Å². The molecule has 1 rings (SSSR count). The summed E-state index contributed by atoms with van der Waals surface area (Å²) >= 11 is 3.52. The SMILES string of the molecule is COCC(Br)CN(C)c1cnccn1. The molecule has 0 bridgehead atoms. The molecule has 0 aromatic carbocycles. The molecule has 1 atom stereocenters. The largest absolute Gasteiger partial charge is 0.383 e. The maximum absolute atomic E-state index is 5.03. The fourth-order valence-electron chi connectivity index (χ4n) is 1.11. The molecule has 0 saturated heterocycles. The van der Waals surface area contributed by atoms with Crippen LogP contribution in [0, 0.1) is 0 Å². The lowest BCUT2D eigenvalue weighted by atomic mass is 10.4. The molecule has 0 amide bonds. The number of rotatable bonds is 5. The van der Waals surface area contributed by atoms with Crippen molar-refractivity contribution in [1.82, 2.24) is 9.97 Å². The maximum Gasteiger partial charge on any atom is 0.146 e. The average Bonchev–Trinajstić information content (AvgIpc) is 2.19. The van der Waals surface area contributed by atoms with Gasteiger partial charge in [0, 0.05) is 33.1 Å². The van der Waals surface area contributed by atoms with Crippen molar-refractivity contribution in [1.29, 1.82) is 0 Å². The van der Waals surface area contributed by atoms with E-state index in [4.69, 9.17) is 4.74 Å². The van der Waals surface area contributed by atoms with Gasteiger partial charge in [-0.3, -0.25) is 4.98 Å². The van der Waals surface area contributed by atoms with Gasteiger partial charge in [0.15, 0.2) is 0 Å². The molecule has 0 N–H and O–H groups in total. The first-order valence-corrected chi connectivity index (χ1v) is 5.25. The predicted molar refractivity (Wildman–Crippen MR) is 59.9 cm³/mol. The number of ether oxygens (including phenoxy) is 1. The van der Waals surface area contributed by atoms with Gasteiger partial charge in [-0.1, -0.05) is 15.9 Å². The van der Waals surface area contributed by atoms with Gasteiger partial charge in [-0.2, -0.15) is 0 Å². The molecule has 1 aromatic heterocycles. The fraction of sp³-hybridized carbons (Fsp3) is 0.556. The zero-order valence-electron chi connectivity index (χ0n) is 8.35. The summed E-state index contributed by atoms with van der Waals surface area (Å²) in [6.07, 6.45) is 5.09. The normalized spacial score (nSPS) is 12.5. The average molecular weight is 260 g/mol. The summed E-state index contributed by atoms with van der Waals surface area (Å²) in [5.41, 5.74) is 0. The molecule has 1 heterocycles. The molecule has 5 heteroatoms. The van der Waals surface area contributed by atoms with Crippen LogP contribution in [0.25, 0.3) is 0 Å². The van der Waals surface area contributed by atoms with Crippen molar-refractivity contribution in [2.45, 2.75) is 4.83 Å². The van der Waals surface area contributed by atoms with Crippen LogP contribution in [0.3, 0.4) is 0 Å². The lowest BCUT2D eigenvalue weighted by Crippen LogP contribution is -2.28. The van der Waals surface area contributed by atoms with Gasteiger partial charge in [-0.15, -0.1) is 0 Å². The van der Waals surface area contributed by atoms with Crippen molar-refractivity contribution in [2.75, 3.05) is 32.2 Å². The van der Waals surface area contributed by atoms with Crippen LogP contribution in [0.5, 0.6) is 0 Å². The zero-order chi connectivity index (χ0) is 10.4. The predicted octanol–water partition coefficient (Wildman–Crippen LogP) is 1.32. The lowest BCUT2D eigenvalue weighted by Gasteiger charge is -2.20. The second-order valence-electron chi connectivity index (χ2n) is 3.00. The topological polar surface area (TPSA) is 38.2 Å². The first-order chi connectivity index (χ1) is 6.74. The van der Waals surface area contributed by atoms with Gasteiger partial charge in [0.1, 0.15) is 5.82 Å². The molecular weight excluding hydrogens is 246 g/mol. The van der Waals surface area contributed by atoms with Crippen LogP contribution < -0.4 is 4.90 Å². The lowest BCUT2D eigenvalue weighted by molar-refractivity contribution is 0.201. The molecule has 0 radical (unpaired) electrons. The number of halogens is 1. The van der Waals surface area contributed by atoms with Crippen molar-refractivity contribution in [2.24, 2.45) is 0 Å². The van der Waals surface area contributed by atoms with Crippen molar-refractivity contribution >= 4 is 21.7 Å². The van der Waals surface area contributed by atoms with E-state index in [0.29, 0.717) is 11.4 Å². The van der Waals surface area contributed by atoms with E-state index in [2.05, 4.69) is 25.9 Å². The van der Waals surface area contributed by atoms with Crippen LogP contribution in [0.1, 0.15) is 0 Å². The molecule has 0 spiro atoms. The highest BCUT2D eigenvalue weighted by Crippen LogP contribution is 2.09. The summed E-state index contributed by atoms with van der Waals surface area (Å²) in [6.45, 7) is 1.52. The summed E-state index contributed by atoms with van der Waals surface area (Å²) in [5.74, 6) is 0.869. The Morgan fingerprint density at radius 3 is 2.93 bits per heavy atom. The van der Waals surface area contributed by atoms with Crippen molar-refractivity contribution in [3.63, 3.8) is 0 Å². The third-order valence-corrected chi connectivity index (χ3v) is 2.31. The highest BCUT2D eigenvalue weighted by molar-refractivity contribution is 9.09. The first kappa shape index (κ1) is 11.4. The van der Waals surface area contributed by atoms with E-state index in [1.807, 2.05) is 11.9 Å². The number of nitrogens with zero attached hydrogens (tertiary/aromatic N) is 3. The third-order valence-electron chi connectivity index (χ3n) is 1.76. The Labute approximate surface area is 92.4 Å². The minimum atomic E-state index is 0.305. The Balaban J connectivity index is 2.46. The third kappa shape index (κ3) is 3.59. The minimum absolute atomic E-state index is 0.305. The van der Waals surface area contributed by atoms with Gasteiger partial charge in [0.2, 0.25) is 0 Å². The van der Waals surface area contributed by atoms with Crippen LogP contribution in [-0.2, 0) is 4.74 Å². The number of alkyl halides is 1. The molecule has 78 valence electrons. The number of methoxy groups -OCH3 is 1. The summed E-state index contributed by atoms with van der Waals surface area (Å²) in [6, 6.07) is 0.